The zero-order valence-electron chi connectivity index (χ0n) is 13.7. The van der Waals surface area contributed by atoms with Crippen LogP contribution in [0.5, 0.6) is 0 Å². The largest absolute Gasteiger partial charge is 0.379 e. The van der Waals surface area contributed by atoms with Crippen molar-refractivity contribution in [2.75, 3.05) is 25.1 Å². The molecule has 0 aliphatic rings. The van der Waals surface area contributed by atoms with Crippen LogP contribution in [0.2, 0.25) is 0 Å². The minimum Gasteiger partial charge on any atom is -0.379 e. The number of hydrogen-bond donors (Lipinski definition) is 2. The van der Waals surface area contributed by atoms with E-state index in [1.54, 1.807) is 6.07 Å². The van der Waals surface area contributed by atoms with Crippen LogP contribution in [0.25, 0.3) is 0 Å². The number of halogens is 4. The Labute approximate surface area is 171 Å². The molecule has 0 saturated heterocycles. The van der Waals surface area contributed by atoms with Crippen LogP contribution in [-0.4, -0.2) is 25.7 Å². The first kappa shape index (κ1) is 21.0. The van der Waals surface area contributed by atoms with Gasteiger partial charge < -0.3 is 10.1 Å². The molecule has 2 rings (SSSR count). The van der Waals surface area contributed by atoms with Gasteiger partial charge in [0.1, 0.15) is 11.6 Å². The Bertz CT molecular complexity index is 793. The van der Waals surface area contributed by atoms with E-state index in [1.807, 2.05) is 29.5 Å². The van der Waals surface area contributed by atoms with Gasteiger partial charge in [0.05, 0.1) is 34.6 Å². The molecule has 0 unspecified atom stereocenters. The molecule has 9 heteroatoms. The second-order valence-corrected chi connectivity index (χ2v) is 7.14. The number of nitrogens with one attached hydrogen (secondary N) is 2. The number of carbonyl (C=O) groups is 1. The maximum Gasteiger partial charge on any atom is 0.276 e. The summed E-state index contributed by atoms with van der Waals surface area (Å²) in [4.78, 5) is 17.4. The van der Waals surface area contributed by atoms with Crippen molar-refractivity contribution >= 4 is 55.8 Å². The first-order valence-corrected chi connectivity index (χ1v) is 9.50. The van der Waals surface area contributed by atoms with Gasteiger partial charge in [-0.25, -0.2) is 14.3 Å². The fourth-order valence-corrected chi connectivity index (χ4v) is 2.79. The molecule has 0 heterocycles. The van der Waals surface area contributed by atoms with Gasteiger partial charge in [-0.05, 0) is 75.8 Å². The van der Waals surface area contributed by atoms with Gasteiger partial charge in [-0.1, -0.05) is 0 Å². The SMILES string of the molecule is CCOCCONC(=O)c1cc(Br)c(F)cc1Nc1ccc(I)cc1F. The number of carbonyl (C=O) groups excluding carboxylic acids is 1. The molecule has 5 nitrogen and oxygen atoms in total. The van der Waals surface area contributed by atoms with Crippen molar-refractivity contribution in [3.63, 3.8) is 0 Å². The highest BCUT2D eigenvalue weighted by Crippen LogP contribution is 2.29. The van der Waals surface area contributed by atoms with E-state index in [4.69, 9.17) is 9.57 Å². The second-order valence-electron chi connectivity index (χ2n) is 5.04. The first-order valence-electron chi connectivity index (χ1n) is 7.63. The van der Waals surface area contributed by atoms with Gasteiger partial charge >= 0.3 is 0 Å². The van der Waals surface area contributed by atoms with Crippen LogP contribution in [-0.2, 0) is 9.57 Å². The zero-order valence-corrected chi connectivity index (χ0v) is 17.5. The molecule has 0 bridgehead atoms. The normalized spacial score (nSPS) is 10.7. The van der Waals surface area contributed by atoms with E-state index in [9.17, 15) is 13.6 Å². The molecule has 1 amide bonds. The molecule has 26 heavy (non-hydrogen) atoms. The predicted molar refractivity (Wildman–Crippen MR) is 106 cm³/mol. The van der Waals surface area contributed by atoms with Crippen LogP contribution in [0.4, 0.5) is 20.2 Å². The Morgan fingerprint density at radius 2 is 1.92 bits per heavy atom. The van der Waals surface area contributed by atoms with Crippen molar-refractivity contribution in [3.8, 4) is 0 Å². The number of ether oxygens (including phenoxy) is 1. The lowest BCUT2D eigenvalue weighted by molar-refractivity contribution is 0.00170. The summed E-state index contributed by atoms with van der Waals surface area (Å²) in [6.45, 7) is 2.87. The van der Waals surface area contributed by atoms with Gasteiger partial charge in [-0.2, -0.15) is 0 Å². The van der Waals surface area contributed by atoms with Crippen LogP contribution >= 0.6 is 38.5 Å². The Morgan fingerprint density at radius 3 is 2.62 bits per heavy atom. The molecule has 0 radical (unpaired) electrons. The Morgan fingerprint density at radius 1 is 1.15 bits per heavy atom. The summed E-state index contributed by atoms with van der Waals surface area (Å²) in [6, 6.07) is 6.93. The maximum atomic E-state index is 14.1. The van der Waals surface area contributed by atoms with Gasteiger partial charge in [0, 0.05) is 10.2 Å². The molecule has 140 valence electrons. The number of hydroxylamine groups is 1. The Hall–Kier alpha value is -1.30. The molecular weight excluding hydrogens is 525 g/mol. The predicted octanol–water partition coefficient (Wildman–Crippen LogP) is 4.77. The third-order valence-electron chi connectivity index (χ3n) is 3.20. The van der Waals surface area contributed by atoms with Crippen molar-refractivity contribution in [2.24, 2.45) is 0 Å². The van der Waals surface area contributed by atoms with Gasteiger partial charge in [0.2, 0.25) is 0 Å². The van der Waals surface area contributed by atoms with Gasteiger partial charge in [0.25, 0.3) is 5.91 Å². The highest BCUT2D eigenvalue weighted by Gasteiger charge is 2.17. The highest BCUT2D eigenvalue weighted by atomic mass is 127. The maximum absolute atomic E-state index is 14.1. The molecule has 0 aliphatic heterocycles. The summed E-state index contributed by atoms with van der Waals surface area (Å²) in [5, 5.41) is 2.75. The minimum absolute atomic E-state index is 0.0904. The van der Waals surface area contributed by atoms with Gasteiger partial charge in [-0.3, -0.25) is 9.63 Å². The molecule has 0 spiro atoms. The zero-order chi connectivity index (χ0) is 19.1. The van der Waals surface area contributed by atoms with Crippen molar-refractivity contribution in [1.82, 2.24) is 5.48 Å². The van der Waals surface area contributed by atoms with E-state index in [-0.39, 0.29) is 28.0 Å². The van der Waals surface area contributed by atoms with Crippen LogP contribution in [0, 0.1) is 15.2 Å². The van der Waals surface area contributed by atoms with E-state index in [0.29, 0.717) is 16.8 Å². The van der Waals surface area contributed by atoms with E-state index in [1.165, 1.54) is 18.2 Å². The molecule has 0 aliphatic carbocycles. The van der Waals surface area contributed by atoms with Crippen LogP contribution in [0.1, 0.15) is 17.3 Å². The third-order valence-corrected chi connectivity index (χ3v) is 4.48. The van der Waals surface area contributed by atoms with Crippen molar-refractivity contribution in [2.45, 2.75) is 6.92 Å². The number of benzene rings is 2. The first-order chi connectivity index (χ1) is 12.4. The fraction of sp³-hybridized carbons (Fsp3) is 0.235. The van der Waals surface area contributed by atoms with Crippen LogP contribution in [0.3, 0.4) is 0 Å². The van der Waals surface area contributed by atoms with E-state index < -0.39 is 17.5 Å². The van der Waals surface area contributed by atoms with E-state index in [2.05, 4.69) is 26.7 Å². The Kier molecular flexibility index (Phi) is 8.19. The summed E-state index contributed by atoms with van der Waals surface area (Å²) in [5.41, 5.74) is 2.58. The summed E-state index contributed by atoms with van der Waals surface area (Å²) in [5.74, 6) is -1.71. The minimum atomic E-state index is -0.601. The van der Waals surface area contributed by atoms with Crippen LogP contribution < -0.4 is 10.8 Å². The van der Waals surface area contributed by atoms with Crippen molar-refractivity contribution < 1.29 is 23.1 Å². The molecular formula is C17H16BrF2IN2O3. The second kappa shape index (κ2) is 10.1. The van der Waals surface area contributed by atoms with Crippen LogP contribution in [0.15, 0.2) is 34.8 Å². The number of anilines is 2. The quantitative estimate of drug-likeness (QED) is 0.287. The lowest BCUT2D eigenvalue weighted by atomic mass is 10.1. The summed E-state index contributed by atoms with van der Waals surface area (Å²) in [6.07, 6.45) is 0. The molecule has 0 aromatic heterocycles. The Balaban J connectivity index is 2.20. The average Bonchev–Trinajstić information content (AvgIpc) is 2.60. The number of amides is 1. The van der Waals surface area contributed by atoms with E-state index >= 15 is 0 Å². The lowest BCUT2D eigenvalue weighted by Gasteiger charge is -2.14. The summed E-state index contributed by atoms with van der Waals surface area (Å²) < 4.78 is 33.9. The van der Waals surface area contributed by atoms with Crippen molar-refractivity contribution in [3.05, 3.63) is 55.6 Å². The fourth-order valence-electron chi connectivity index (χ4n) is 1.99. The molecule has 2 aromatic carbocycles. The molecule has 2 aromatic rings. The molecule has 0 atom stereocenters. The molecule has 2 N–H and O–H groups in total. The highest BCUT2D eigenvalue weighted by molar-refractivity contribution is 14.1. The summed E-state index contributed by atoms with van der Waals surface area (Å²) >= 11 is 5.02. The number of hydrogen-bond acceptors (Lipinski definition) is 4. The lowest BCUT2D eigenvalue weighted by Crippen LogP contribution is -2.26. The van der Waals surface area contributed by atoms with E-state index in [0.717, 1.165) is 6.07 Å². The third kappa shape index (κ3) is 5.86. The summed E-state index contributed by atoms with van der Waals surface area (Å²) in [7, 11) is 0. The molecule has 0 saturated carbocycles. The average molecular weight is 541 g/mol. The topological polar surface area (TPSA) is 59.6 Å². The smallest absolute Gasteiger partial charge is 0.276 e. The van der Waals surface area contributed by atoms with Gasteiger partial charge in [-0.15, -0.1) is 0 Å². The number of rotatable bonds is 8. The standard InChI is InChI=1S/C17H16BrF2IN2O3/c1-2-25-5-6-26-23-17(24)11-8-12(18)13(19)9-16(11)22-15-4-3-10(21)7-14(15)20/h3-4,7-9,22H,2,5-6H2,1H3,(H,23,24). The monoisotopic (exact) mass is 540 g/mol. The molecule has 0 fully saturated rings. The van der Waals surface area contributed by atoms with Crippen molar-refractivity contribution in [1.29, 1.82) is 0 Å². The van der Waals surface area contributed by atoms with Gasteiger partial charge in [0.15, 0.2) is 0 Å².